The van der Waals surface area contributed by atoms with E-state index in [9.17, 15) is 0 Å². The van der Waals surface area contributed by atoms with Gasteiger partial charge in [-0.3, -0.25) is 4.68 Å². The van der Waals surface area contributed by atoms with E-state index in [0.717, 1.165) is 5.92 Å². The van der Waals surface area contributed by atoms with Crippen molar-refractivity contribution in [3.05, 3.63) is 17.5 Å². The first-order chi connectivity index (χ1) is 9.93. The fourth-order valence-corrected chi connectivity index (χ4v) is 5.58. The van der Waals surface area contributed by atoms with Gasteiger partial charge in [-0.1, -0.05) is 20.8 Å². The second-order valence-corrected chi connectivity index (χ2v) is 8.44. The molecule has 0 spiro atoms. The fourth-order valence-electron chi connectivity index (χ4n) is 5.58. The molecular weight excluding hydrogens is 258 g/mol. The molecule has 3 aliphatic rings. The number of nitrogens with zero attached hydrogens (tertiary/aromatic N) is 2. The Balaban J connectivity index is 1.59. The van der Waals surface area contributed by atoms with Gasteiger partial charge in [-0.15, -0.1) is 0 Å². The van der Waals surface area contributed by atoms with E-state index in [2.05, 4.69) is 49.1 Å². The third-order valence-corrected chi connectivity index (χ3v) is 7.57. The van der Waals surface area contributed by atoms with Gasteiger partial charge in [-0.05, 0) is 55.3 Å². The quantitative estimate of drug-likeness (QED) is 0.900. The van der Waals surface area contributed by atoms with E-state index < -0.39 is 0 Å². The molecule has 1 heterocycles. The van der Waals surface area contributed by atoms with E-state index in [0.29, 0.717) is 22.9 Å². The molecule has 4 unspecified atom stereocenters. The molecule has 1 N–H and O–H groups in total. The Kier molecular flexibility index (Phi) is 2.86. The van der Waals surface area contributed by atoms with Gasteiger partial charge in [-0.2, -0.15) is 5.10 Å². The molecule has 2 bridgehead atoms. The number of rotatable bonds is 2. The topological polar surface area (TPSA) is 29.9 Å². The molecule has 1 aromatic rings. The summed E-state index contributed by atoms with van der Waals surface area (Å²) < 4.78 is 2.08. The maximum Gasteiger partial charge on any atom is 0.0540 e. The maximum atomic E-state index is 4.49. The van der Waals surface area contributed by atoms with E-state index in [1.54, 1.807) is 0 Å². The highest BCUT2D eigenvalue weighted by Gasteiger charge is 2.61. The van der Waals surface area contributed by atoms with E-state index in [-0.39, 0.29) is 0 Å². The largest absolute Gasteiger partial charge is 0.306 e. The van der Waals surface area contributed by atoms with Crippen molar-refractivity contribution in [1.82, 2.24) is 15.1 Å². The van der Waals surface area contributed by atoms with Crippen LogP contribution in [0.15, 0.2) is 6.20 Å². The van der Waals surface area contributed by atoms with Crippen molar-refractivity contribution < 1.29 is 0 Å². The van der Waals surface area contributed by atoms with Gasteiger partial charge in [0.25, 0.3) is 0 Å². The zero-order chi connectivity index (χ0) is 14.8. The first-order valence-electron chi connectivity index (χ1n) is 8.70. The van der Waals surface area contributed by atoms with Crippen LogP contribution in [0, 0.1) is 16.7 Å². The van der Waals surface area contributed by atoms with Gasteiger partial charge in [0.2, 0.25) is 0 Å². The number of nitrogens with one attached hydrogen (secondary N) is 1. The molecule has 0 amide bonds. The van der Waals surface area contributed by atoms with Gasteiger partial charge in [-0.25, -0.2) is 0 Å². The van der Waals surface area contributed by atoms with Crippen LogP contribution in [0.1, 0.15) is 70.2 Å². The van der Waals surface area contributed by atoms with E-state index in [1.807, 2.05) is 0 Å². The highest BCUT2D eigenvalue weighted by Crippen LogP contribution is 2.65. The van der Waals surface area contributed by atoms with Gasteiger partial charge in [0, 0.05) is 30.4 Å². The van der Waals surface area contributed by atoms with Crippen molar-refractivity contribution in [3.63, 3.8) is 0 Å². The fraction of sp³-hybridized carbons (Fsp3) is 0.833. The SMILES string of the molecule is Cn1ncc2c1CCCC2NC1CC2CCC1(C)C2(C)C. The average molecular weight is 287 g/mol. The van der Waals surface area contributed by atoms with Crippen molar-refractivity contribution in [2.45, 2.75) is 71.4 Å². The third-order valence-electron chi connectivity index (χ3n) is 7.57. The number of fused-ring (bicyclic) bond motifs is 3. The highest BCUT2D eigenvalue weighted by molar-refractivity contribution is 5.26. The third kappa shape index (κ3) is 1.73. The molecule has 2 saturated carbocycles. The zero-order valence-corrected chi connectivity index (χ0v) is 13.9. The summed E-state index contributed by atoms with van der Waals surface area (Å²) in [6.07, 6.45) is 10.1. The number of aromatic nitrogens is 2. The molecule has 0 saturated heterocycles. The summed E-state index contributed by atoms with van der Waals surface area (Å²) in [5, 5.41) is 8.56. The van der Waals surface area contributed by atoms with Gasteiger partial charge in [0.15, 0.2) is 0 Å². The minimum atomic E-state index is 0.470. The standard InChI is InChI=1S/C18H29N3/c1-17(2)12-8-9-18(17,3)16(10-12)20-14-6-5-7-15-13(14)11-19-21(15)4/h11-12,14,16,20H,5-10H2,1-4H3. The molecule has 0 aliphatic heterocycles. The van der Waals surface area contributed by atoms with E-state index in [1.165, 1.54) is 49.8 Å². The van der Waals surface area contributed by atoms with Crippen molar-refractivity contribution in [3.8, 4) is 0 Å². The van der Waals surface area contributed by atoms with Crippen LogP contribution in [0.4, 0.5) is 0 Å². The van der Waals surface area contributed by atoms with Crippen LogP contribution in [0.2, 0.25) is 0 Å². The molecule has 116 valence electrons. The van der Waals surface area contributed by atoms with Gasteiger partial charge >= 0.3 is 0 Å². The molecule has 2 fully saturated rings. The van der Waals surface area contributed by atoms with Crippen molar-refractivity contribution >= 4 is 0 Å². The molecule has 3 heteroatoms. The smallest absolute Gasteiger partial charge is 0.0540 e. The summed E-state index contributed by atoms with van der Waals surface area (Å²) in [7, 11) is 2.09. The lowest BCUT2D eigenvalue weighted by molar-refractivity contribution is 0.113. The Hall–Kier alpha value is -0.830. The van der Waals surface area contributed by atoms with Crippen LogP contribution in [-0.4, -0.2) is 15.8 Å². The second-order valence-electron chi connectivity index (χ2n) is 8.44. The van der Waals surface area contributed by atoms with E-state index >= 15 is 0 Å². The highest BCUT2D eigenvalue weighted by atomic mass is 15.3. The second kappa shape index (κ2) is 4.34. The molecule has 3 nitrogen and oxygen atoms in total. The van der Waals surface area contributed by atoms with Crippen LogP contribution < -0.4 is 5.32 Å². The molecule has 0 radical (unpaired) electrons. The van der Waals surface area contributed by atoms with Gasteiger partial charge in [0.1, 0.15) is 0 Å². The Morgan fingerprint density at radius 2 is 2.10 bits per heavy atom. The molecular formula is C18H29N3. The summed E-state index contributed by atoms with van der Waals surface area (Å²) in [5.41, 5.74) is 3.88. The number of hydrogen-bond acceptors (Lipinski definition) is 2. The number of hydrogen-bond donors (Lipinski definition) is 1. The predicted molar refractivity (Wildman–Crippen MR) is 85.0 cm³/mol. The molecule has 3 aliphatic carbocycles. The normalized spacial score (nSPS) is 40.5. The average Bonchev–Trinajstić information content (AvgIpc) is 2.99. The van der Waals surface area contributed by atoms with Crippen LogP contribution in [0.3, 0.4) is 0 Å². The monoisotopic (exact) mass is 287 g/mol. The van der Waals surface area contributed by atoms with Crippen LogP contribution in [0.25, 0.3) is 0 Å². The van der Waals surface area contributed by atoms with Crippen LogP contribution in [0.5, 0.6) is 0 Å². The van der Waals surface area contributed by atoms with Gasteiger partial charge < -0.3 is 5.32 Å². The molecule has 4 atom stereocenters. The minimum absolute atomic E-state index is 0.470. The zero-order valence-electron chi connectivity index (χ0n) is 13.9. The summed E-state index contributed by atoms with van der Waals surface area (Å²) in [6, 6.07) is 1.21. The molecule has 1 aromatic heterocycles. The lowest BCUT2D eigenvalue weighted by Gasteiger charge is -2.41. The van der Waals surface area contributed by atoms with Crippen molar-refractivity contribution in [2.24, 2.45) is 23.8 Å². The van der Waals surface area contributed by atoms with Crippen LogP contribution in [-0.2, 0) is 13.5 Å². The predicted octanol–water partition coefficient (Wildman–Crippen LogP) is 3.60. The Labute approximate surface area is 128 Å². The van der Waals surface area contributed by atoms with Crippen molar-refractivity contribution in [1.29, 1.82) is 0 Å². The summed E-state index contributed by atoms with van der Waals surface area (Å²) in [6.45, 7) is 7.54. The van der Waals surface area contributed by atoms with Crippen LogP contribution >= 0.6 is 0 Å². The maximum absolute atomic E-state index is 4.49. The summed E-state index contributed by atoms with van der Waals surface area (Å²) in [4.78, 5) is 0. The van der Waals surface area contributed by atoms with Gasteiger partial charge in [0.05, 0.1) is 6.20 Å². The summed E-state index contributed by atoms with van der Waals surface area (Å²) in [5.74, 6) is 0.914. The minimum Gasteiger partial charge on any atom is -0.306 e. The lowest BCUT2D eigenvalue weighted by atomic mass is 9.69. The Morgan fingerprint density at radius 1 is 1.29 bits per heavy atom. The Morgan fingerprint density at radius 3 is 2.76 bits per heavy atom. The Bertz CT molecular complexity index is 559. The van der Waals surface area contributed by atoms with E-state index in [4.69, 9.17) is 0 Å². The first-order valence-corrected chi connectivity index (χ1v) is 8.70. The first kappa shape index (κ1) is 13.8. The lowest BCUT2D eigenvalue weighted by Crippen LogP contribution is -2.46. The molecule has 0 aromatic carbocycles. The molecule has 21 heavy (non-hydrogen) atoms. The summed E-state index contributed by atoms with van der Waals surface area (Å²) >= 11 is 0. The number of aryl methyl sites for hydroxylation is 1. The molecule has 4 rings (SSSR count). The van der Waals surface area contributed by atoms with Crippen molar-refractivity contribution in [2.75, 3.05) is 0 Å².